The van der Waals surface area contributed by atoms with Crippen LogP contribution in [0.25, 0.3) is 0 Å². The van der Waals surface area contributed by atoms with Gasteiger partial charge in [-0.1, -0.05) is 6.07 Å². The first kappa shape index (κ1) is 17.9. The molecule has 0 radical (unpaired) electrons. The Bertz CT molecular complexity index is 668. The maximum Gasteiger partial charge on any atom is 0.251 e. The molecular weight excluding hydrogens is 319 g/mol. The van der Waals surface area contributed by atoms with Gasteiger partial charge < -0.3 is 10.2 Å². The van der Waals surface area contributed by atoms with E-state index >= 15 is 0 Å². The normalized spacial score (nSPS) is 17.2. The molecule has 7 heteroatoms. The highest BCUT2D eigenvalue weighted by Gasteiger charge is 2.22. The predicted octanol–water partition coefficient (Wildman–Crippen LogP) is 1.37. The second kappa shape index (κ2) is 7.40. The molecule has 0 spiro atoms. The van der Waals surface area contributed by atoms with Gasteiger partial charge in [0.2, 0.25) is 0 Å². The number of likely N-dealkylation sites (tertiary alicyclic amines) is 1. The van der Waals surface area contributed by atoms with E-state index in [1.165, 1.54) is 18.4 Å². The summed E-state index contributed by atoms with van der Waals surface area (Å²) in [6, 6.07) is 4.23. The van der Waals surface area contributed by atoms with Gasteiger partial charge in [0, 0.05) is 37.5 Å². The summed E-state index contributed by atoms with van der Waals surface area (Å²) in [5.41, 5.74) is 1.11. The quantitative estimate of drug-likeness (QED) is 0.878. The van der Waals surface area contributed by atoms with Crippen molar-refractivity contribution in [2.75, 3.05) is 31.6 Å². The Hall–Kier alpha value is -1.47. The van der Waals surface area contributed by atoms with Crippen LogP contribution in [0.1, 0.15) is 28.8 Å². The molecule has 1 amide bonds. The van der Waals surface area contributed by atoms with Gasteiger partial charge in [0.05, 0.1) is 5.75 Å². The summed E-state index contributed by atoms with van der Waals surface area (Å²) in [6.07, 6.45) is 2.77. The van der Waals surface area contributed by atoms with Gasteiger partial charge in [-0.2, -0.15) is 0 Å². The van der Waals surface area contributed by atoms with Crippen molar-refractivity contribution in [2.45, 2.75) is 25.8 Å². The lowest BCUT2D eigenvalue weighted by atomic mass is 10.0. The first-order valence-corrected chi connectivity index (χ1v) is 9.78. The summed E-state index contributed by atoms with van der Waals surface area (Å²) in [5, 5.41) is 2.95. The molecule has 128 valence electrons. The molecule has 1 aromatic rings. The zero-order chi connectivity index (χ0) is 17.0. The topological polar surface area (TPSA) is 66.5 Å². The number of aryl methyl sites for hydroxylation is 1. The second-order valence-corrected chi connectivity index (χ2v) is 8.44. The fourth-order valence-electron chi connectivity index (χ4n) is 2.70. The Balaban J connectivity index is 1.84. The maximum absolute atomic E-state index is 13.3. The van der Waals surface area contributed by atoms with Crippen molar-refractivity contribution < 1.29 is 17.6 Å². The van der Waals surface area contributed by atoms with Crippen LogP contribution in [0.2, 0.25) is 0 Å². The average molecular weight is 342 g/mol. The zero-order valence-electron chi connectivity index (χ0n) is 13.5. The molecule has 1 aliphatic rings. The number of rotatable bonds is 5. The Morgan fingerprint density at radius 3 is 2.61 bits per heavy atom. The van der Waals surface area contributed by atoms with Crippen molar-refractivity contribution in [3.63, 3.8) is 0 Å². The standard InChI is InChI=1S/C16H23FN2O3S/c1-12-3-4-13(17)11-15(12)16(20)18-14-5-7-19(8-6-14)9-10-23(2,21)22/h3-4,11,14H,5-10H2,1-2H3,(H,18,20). The lowest BCUT2D eigenvalue weighted by Gasteiger charge is -2.32. The first-order chi connectivity index (χ1) is 10.7. The van der Waals surface area contributed by atoms with Gasteiger partial charge in [0.1, 0.15) is 15.7 Å². The molecule has 1 fully saturated rings. The molecule has 23 heavy (non-hydrogen) atoms. The van der Waals surface area contributed by atoms with Crippen molar-refractivity contribution in [1.82, 2.24) is 10.2 Å². The number of carbonyl (C=O) groups excluding carboxylic acids is 1. The number of nitrogens with zero attached hydrogens (tertiary/aromatic N) is 1. The third kappa shape index (κ3) is 5.58. The van der Waals surface area contributed by atoms with Crippen LogP contribution in [0.4, 0.5) is 4.39 Å². The summed E-state index contributed by atoms with van der Waals surface area (Å²) in [5.74, 6) is -0.514. The summed E-state index contributed by atoms with van der Waals surface area (Å²) < 4.78 is 35.7. The van der Waals surface area contributed by atoms with E-state index < -0.39 is 15.7 Å². The molecule has 0 atom stereocenters. The molecule has 0 bridgehead atoms. The number of piperidine rings is 1. The smallest absolute Gasteiger partial charge is 0.251 e. The number of sulfone groups is 1. The average Bonchev–Trinajstić information content (AvgIpc) is 2.48. The minimum atomic E-state index is -2.95. The molecule has 1 aromatic carbocycles. The van der Waals surface area contributed by atoms with Crippen molar-refractivity contribution in [1.29, 1.82) is 0 Å². The SMILES string of the molecule is Cc1ccc(F)cc1C(=O)NC1CCN(CCS(C)(=O)=O)CC1. The van der Waals surface area contributed by atoms with Gasteiger partial charge in [0.25, 0.3) is 5.91 Å². The van der Waals surface area contributed by atoms with E-state index in [-0.39, 0.29) is 17.7 Å². The molecular formula is C16H23FN2O3S. The van der Waals surface area contributed by atoms with E-state index in [4.69, 9.17) is 0 Å². The van der Waals surface area contributed by atoms with E-state index in [2.05, 4.69) is 10.2 Å². The molecule has 0 saturated carbocycles. The van der Waals surface area contributed by atoms with Crippen LogP contribution in [0, 0.1) is 12.7 Å². The maximum atomic E-state index is 13.3. The number of benzene rings is 1. The molecule has 0 unspecified atom stereocenters. The van der Waals surface area contributed by atoms with Gasteiger partial charge >= 0.3 is 0 Å². The number of nitrogens with one attached hydrogen (secondary N) is 1. The summed E-state index contributed by atoms with van der Waals surface area (Å²) >= 11 is 0. The Morgan fingerprint density at radius 2 is 2.00 bits per heavy atom. The van der Waals surface area contributed by atoms with Crippen LogP contribution in [0.3, 0.4) is 0 Å². The van der Waals surface area contributed by atoms with Crippen LogP contribution >= 0.6 is 0 Å². The lowest BCUT2D eigenvalue weighted by molar-refractivity contribution is 0.0912. The summed E-state index contributed by atoms with van der Waals surface area (Å²) in [7, 11) is -2.95. The number of amides is 1. The molecule has 1 saturated heterocycles. The fraction of sp³-hybridized carbons (Fsp3) is 0.562. The van der Waals surface area contributed by atoms with E-state index in [1.54, 1.807) is 13.0 Å². The van der Waals surface area contributed by atoms with E-state index in [9.17, 15) is 17.6 Å². The van der Waals surface area contributed by atoms with E-state index in [0.717, 1.165) is 31.5 Å². The van der Waals surface area contributed by atoms with Crippen molar-refractivity contribution >= 4 is 15.7 Å². The van der Waals surface area contributed by atoms with Gasteiger partial charge in [-0.25, -0.2) is 12.8 Å². The molecule has 1 N–H and O–H groups in total. The third-order valence-corrected chi connectivity index (χ3v) is 5.07. The minimum Gasteiger partial charge on any atom is -0.349 e. The first-order valence-electron chi connectivity index (χ1n) is 7.72. The van der Waals surface area contributed by atoms with Gasteiger partial charge in [-0.05, 0) is 37.5 Å². The molecule has 0 aromatic heterocycles. The Labute approximate surface area is 136 Å². The van der Waals surface area contributed by atoms with Crippen LogP contribution < -0.4 is 5.32 Å². The van der Waals surface area contributed by atoms with Gasteiger partial charge in [-0.3, -0.25) is 4.79 Å². The van der Waals surface area contributed by atoms with E-state index in [1.807, 2.05) is 0 Å². The van der Waals surface area contributed by atoms with Crippen molar-refractivity contribution in [2.24, 2.45) is 0 Å². The van der Waals surface area contributed by atoms with Crippen molar-refractivity contribution in [3.8, 4) is 0 Å². The number of hydrogen-bond donors (Lipinski definition) is 1. The van der Waals surface area contributed by atoms with Crippen LogP contribution in [0.5, 0.6) is 0 Å². The third-order valence-electron chi connectivity index (χ3n) is 4.15. The highest BCUT2D eigenvalue weighted by molar-refractivity contribution is 7.90. The Morgan fingerprint density at radius 1 is 1.35 bits per heavy atom. The zero-order valence-corrected chi connectivity index (χ0v) is 14.3. The van der Waals surface area contributed by atoms with Crippen LogP contribution in [-0.2, 0) is 9.84 Å². The molecule has 2 rings (SSSR count). The lowest BCUT2D eigenvalue weighted by Crippen LogP contribution is -2.45. The molecule has 5 nitrogen and oxygen atoms in total. The molecule has 0 aliphatic carbocycles. The van der Waals surface area contributed by atoms with Crippen LogP contribution in [-0.4, -0.2) is 56.9 Å². The van der Waals surface area contributed by atoms with Crippen LogP contribution in [0.15, 0.2) is 18.2 Å². The molecule has 1 aliphatic heterocycles. The Kier molecular flexibility index (Phi) is 5.75. The van der Waals surface area contributed by atoms with E-state index in [0.29, 0.717) is 12.1 Å². The highest BCUT2D eigenvalue weighted by atomic mass is 32.2. The second-order valence-electron chi connectivity index (χ2n) is 6.18. The number of halogens is 1. The van der Waals surface area contributed by atoms with Crippen molar-refractivity contribution in [3.05, 3.63) is 35.1 Å². The monoisotopic (exact) mass is 342 g/mol. The highest BCUT2D eigenvalue weighted by Crippen LogP contribution is 2.14. The summed E-state index contributed by atoms with van der Waals surface area (Å²) in [6.45, 7) is 3.82. The number of carbonyl (C=O) groups is 1. The van der Waals surface area contributed by atoms with Gasteiger partial charge in [-0.15, -0.1) is 0 Å². The van der Waals surface area contributed by atoms with Gasteiger partial charge in [0.15, 0.2) is 0 Å². The predicted molar refractivity (Wildman–Crippen MR) is 87.8 cm³/mol. The molecule has 1 heterocycles. The number of hydrogen-bond acceptors (Lipinski definition) is 4. The summed E-state index contributed by atoms with van der Waals surface area (Å²) in [4.78, 5) is 14.3. The minimum absolute atomic E-state index is 0.0413. The fourth-order valence-corrected chi connectivity index (χ4v) is 3.29. The largest absolute Gasteiger partial charge is 0.349 e.